The van der Waals surface area contributed by atoms with Crippen LogP contribution in [0.15, 0.2) is 18.2 Å². The lowest BCUT2D eigenvalue weighted by atomic mass is 9.76. The van der Waals surface area contributed by atoms with Crippen LogP contribution in [0.1, 0.15) is 18.9 Å². The van der Waals surface area contributed by atoms with Crippen molar-refractivity contribution in [3.63, 3.8) is 0 Å². The van der Waals surface area contributed by atoms with E-state index in [1.807, 2.05) is 26.1 Å². The average Bonchev–Trinajstić information content (AvgIpc) is 2.31. The van der Waals surface area contributed by atoms with Gasteiger partial charge in [0.2, 0.25) is 0 Å². The number of hydrogen-bond acceptors (Lipinski definition) is 3. The molecule has 1 aromatic carbocycles. The molecular formula is C14H20ClNO2. The van der Waals surface area contributed by atoms with Gasteiger partial charge in [-0.2, -0.15) is 0 Å². The molecule has 4 heteroatoms. The highest BCUT2D eigenvalue weighted by molar-refractivity contribution is 6.32. The molecule has 1 aromatic rings. The molecule has 0 radical (unpaired) electrons. The molecule has 1 saturated heterocycles. The molecule has 0 amide bonds. The highest BCUT2D eigenvalue weighted by Gasteiger charge is 2.39. The van der Waals surface area contributed by atoms with Crippen molar-refractivity contribution in [3.8, 4) is 5.75 Å². The molecule has 1 heterocycles. The lowest BCUT2D eigenvalue weighted by Crippen LogP contribution is -2.48. The highest BCUT2D eigenvalue weighted by Crippen LogP contribution is 2.38. The van der Waals surface area contributed by atoms with Crippen LogP contribution >= 0.6 is 11.6 Å². The second kappa shape index (κ2) is 5.91. The summed E-state index contributed by atoms with van der Waals surface area (Å²) >= 11 is 6.25. The largest absolute Gasteiger partial charge is 0.492 e. The van der Waals surface area contributed by atoms with Gasteiger partial charge in [-0.25, -0.2) is 0 Å². The maximum Gasteiger partial charge on any atom is 0.137 e. The molecular weight excluding hydrogens is 250 g/mol. The lowest BCUT2D eigenvalue weighted by Gasteiger charge is -2.42. The minimum absolute atomic E-state index is 0.122. The molecule has 0 unspecified atom stereocenters. The average molecular weight is 270 g/mol. The van der Waals surface area contributed by atoms with Crippen LogP contribution in [0.2, 0.25) is 5.02 Å². The van der Waals surface area contributed by atoms with E-state index in [1.54, 1.807) is 0 Å². The summed E-state index contributed by atoms with van der Waals surface area (Å²) in [6, 6.07) is 6.08. The third-order valence-corrected chi connectivity index (χ3v) is 3.75. The molecule has 2 rings (SSSR count). The number of nitrogens with one attached hydrogen (secondary N) is 1. The van der Waals surface area contributed by atoms with Gasteiger partial charge in [-0.05, 0) is 44.6 Å². The maximum atomic E-state index is 6.25. The SMILES string of the molecule is CCOc1ccc(C2(CCNC)COC2)cc1Cl. The molecule has 1 N–H and O–H groups in total. The topological polar surface area (TPSA) is 30.5 Å². The maximum absolute atomic E-state index is 6.25. The van der Waals surface area contributed by atoms with Crippen molar-refractivity contribution < 1.29 is 9.47 Å². The van der Waals surface area contributed by atoms with Crippen molar-refractivity contribution in [3.05, 3.63) is 28.8 Å². The number of halogens is 1. The Kier molecular flexibility index (Phi) is 4.49. The number of hydrogen-bond donors (Lipinski definition) is 1. The van der Waals surface area contributed by atoms with Crippen LogP contribution in [0.25, 0.3) is 0 Å². The molecule has 0 aliphatic carbocycles. The highest BCUT2D eigenvalue weighted by atomic mass is 35.5. The van der Waals surface area contributed by atoms with Gasteiger partial charge in [0.05, 0.1) is 24.8 Å². The van der Waals surface area contributed by atoms with E-state index in [9.17, 15) is 0 Å². The Bertz CT molecular complexity index is 405. The Morgan fingerprint density at radius 3 is 2.72 bits per heavy atom. The third-order valence-electron chi connectivity index (χ3n) is 3.45. The first-order valence-corrected chi connectivity index (χ1v) is 6.75. The monoisotopic (exact) mass is 269 g/mol. The molecule has 0 bridgehead atoms. The van der Waals surface area contributed by atoms with Gasteiger partial charge in [0, 0.05) is 5.41 Å². The van der Waals surface area contributed by atoms with Gasteiger partial charge < -0.3 is 14.8 Å². The fourth-order valence-electron chi connectivity index (χ4n) is 2.27. The van der Waals surface area contributed by atoms with E-state index in [4.69, 9.17) is 21.1 Å². The van der Waals surface area contributed by atoms with E-state index in [-0.39, 0.29) is 5.41 Å². The summed E-state index contributed by atoms with van der Waals surface area (Å²) in [5.74, 6) is 0.756. The quantitative estimate of drug-likeness (QED) is 0.861. The fraction of sp³-hybridized carbons (Fsp3) is 0.571. The van der Waals surface area contributed by atoms with Crippen molar-refractivity contribution in [1.29, 1.82) is 0 Å². The van der Waals surface area contributed by atoms with E-state index in [0.29, 0.717) is 11.6 Å². The minimum Gasteiger partial charge on any atom is -0.492 e. The first kappa shape index (κ1) is 13.7. The molecule has 0 spiro atoms. The molecule has 1 aliphatic heterocycles. The van der Waals surface area contributed by atoms with Crippen molar-refractivity contribution >= 4 is 11.6 Å². The van der Waals surface area contributed by atoms with Crippen LogP contribution in [-0.2, 0) is 10.2 Å². The fourth-order valence-corrected chi connectivity index (χ4v) is 2.51. The molecule has 1 aliphatic rings. The Hall–Kier alpha value is -0.770. The van der Waals surface area contributed by atoms with E-state index in [0.717, 1.165) is 31.9 Å². The van der Waals surface area contributed by atoms with E-state index < -0.39 is 0 Å². The van der Waals surface area contributed by atoms with Crippen LogP contribution in [-0.4, -0.2) is 33.4 Å². The van der Waals surface area contributed by atoms with Crippen molar-refractivity contribution in [2.75, 3.05) is 33.4 Å². The van der Waals surface area contributed by atoms with Gasteiger partial charge in [-0.1, -0.05) is 17.7 Å². The van der Waals surface area contributed by atoms with E-state index in [2.05, 4.69) is 11.4 Å². The predicted molar refractivity (Wildman–Crippen MR) is 73.7 cm³/mol. The van der Waals surface area contributed by atoms with E-state index >= 15 is 0 Å². The minimum atomic E-state index is 0.122. The van der Waals surface area contributed by atoms with Crippen molar-refractivity contribution in [2.24, 2.45) is 0 Å². The van der Waals surface area contributed by atoms with Gasteiger partial charge in [-0.3, -0.25) is 0 Å². The third kappa shape index (κ3) is 2.63. The first-order valence-electron chi connectivity index (χ1n) is 6.37. The van der Waals surface area contributed by atoms with Crippen LogP contribution < -0.4 is 10.1 Å². The van der Waals surface area contributed by atoms with Gasteiger partial charge in [0.25, 0.3) is 0 Å². The summed E-state index contributed by atoms with van der Waals surface area (Å²) in [7, 11) is 1.97. The Labute approximate surface area is 113 Å². The van der Waals surface area contributed by atoms with Crippen molar-refractivity contribution in [1.82, 2.24) is 5.32 Å². The van der Waals surface area contributed by atoms with Gasteiger partial charge in [-0.15, -0.1) is 0 Å². The summed E-state index contributed by atoms with van der Waals surface area (Å²) in [5.41, 5.74) is 1.37. The summed E-state index contributed by atoms with van der Waals surface area (Å²) in [6.45, 7) is 5.12. The second-order valence-corrected chi connectivity index (χ2v) is 5.11. The summed E-state index contributed by atoms with van der Waals surface area (Å²) in [6.07, 6.45) is 1.06. The Balaban J connectivity index is 2.18. The molecule has 3 nitrogen and oxygen atoms in total. The summed E-state index contributed by atoms with van der Waals surface area (Å²) < 4.78 is 10.9. The molecule has 0 atom stereocenters. The van der Waals surface area contributed by atoms with Gasteiger partial charge in [0.1, 0.15) is 5.75 Å². The first-order chi connectivity index (χ1) is 8.72. The Morgan fingerprint density at radius 1 is 1.44 bits per heavy atom. The number of ether oxygens (including phenoxy) is 2. The van der Waals surface area contributed by atoms with Crippen LogP contribution in [0.5, 0.6) is 5.75 Å². The van der Waals surface area contributed by atoms with Crippen molar-refractivity contribution in [2.45, 2.75) is 18.8 Å². The van der Waals surface area contributed by atoms with Crippen LogP contribution in [0, 0.1) is 0 Å². The molecule has 100 valence electrons. The molecule has 0 aromatic heterocycles. The lowest BCUT2D eigenvalue weighted by molar-refractivity contribution is -0.0638. The van der Waals surface area contributed by atoms with Crippen LogP contribution in [0.4, 0.5) is 0 Å². The molecule has 1 fully saturated rings. The zero-order chi connectivity index (χ0) is 13.0. The zero-order valence-corrected chi connectivity index (χ0v) is 11.7. The number of rotatable bonds is 6. The number of benzene rings is 1. The van der Waals surface area contributed by atoms with Crippen LogP contribution in [0.3, 0.4) is 0 Å². The molecule has 18 heavy (non-hydrogen) atoms. The standard InChI is InChI=1S/C14H20ClNO2/c1-3-18-13-5-4-11(8-12(13)15)14(6-7-16-2)9-17-10-14/h4-5,8,16H,3,6-7,9-10H2,1-2H3. The van der Waals surface area contributed by atoms with Gasteiger partial charge in [0.15, 0.2) is 0 Å². The van der Waals surface area contributed by atoms with Gasteiger partial charge >= 0.3 is 0 Å². The molecule has 0 saturated carbocycles. The summed E-state index contributed by atoms with van der Waals surface area (Å²) in [5, 5.41) is 3.88. The second-order valence-electron chi connectivity index (χ2n) is 4.70. The normalized spacial score (nSPS) is 17.3. The smallest absolute Gasteiger partial charge is 0.137 e. The van der Waals surface area contributed by atoms with E-state index in [1.165, 1.54) is 5.56 Å². The predicted octanol–water partition coefficient (Wildman–Crippen LogP) is 2.62. The summed E-state index contributed by atoms with van der Waals surface area (Å²) in [4.78, 5) is 0. The Morgan fingerprint density at radius 2 is 2.22 bits per heavy atom. The zero-order valence-electron chi connectivity index (χ0n) is 11.0.